The minimum Gasteiger partial charge on any atom is -0.355 e. The summed E-state index contributed by atoms with van der Waals surface area (Å²) in [6.45, 7) is 3.91. The van der Waals surface area contributed by atoms with E-state index in [2.05, 4.69) is 52.4 Å². The normalized spacial score (nSPS) is 11.0. The first-order valence-electron chi connectivity index (χ1n) is 6.60. The number of rotatable bonds is 3. The van der Waals surface area contributed by atoms with Gasteiger partial charge < -0.3 is 4.99 Å². The molecule has 0 N–H and O–H groups in total. The van der Waals surface area contributed by atoms with Crippen LogP contribution in [0.3, 0.4) is 0 Å². The van der Waals surface area contributed by atoms with Crippen molar-refractivity contribution in [3.8, 4) is 0 Å². The summed E-state index contributed by atoms with van der Waals surface area (Å²) in [7, 11) is 0. The van der Waals surface area contributed by atoms with E-state index in [0.717, 1.165) is 11.3 Å². The summed E-state index contributed by atoms with van der Waals surface area (Å²) in [6.07, 6.45) is 3.54. The fourth-order valence-corrected chi connectivity index (χ4v) is 2.23. The minimum absolute atomic E-state index is 0. The van der Waals surface area contributed by atoms with Gasteiger partial charge in [0, 0.05) is 0 Å². The fraction of sp³-hybridized carbons (Fsp3) is 0.0556. The topological polar surface area (TPSA) is 25.2 Å². The third-order valence-electron chi connectivity index (χ3n) is 3.29. The first-order valence-corrected chi connectivity index (χ1v) is 6.60. The van der Waals surface area contributed by atoms with Crippen molar-refractivity contribution >= 4 is 16.5 Å². The second-order valence-electron chi connectivity index (χ2n) is 4.65. The Morgan fingerprint density at radius 2 is 1.67 bits per heavy atom. The van der Waals surface area contributed by atoms with E-state index in [1.54, 1.807) is 12.4 Å². The van der Waals surface area contributed by atoms with Crippen LogP contribution in [0.4, 0.5) is 0 Å². The number of aromatic nitrogens is 1. The Hall–Kier alpha value is -0.974. The van der Waals surface area contributed by atoms with Gasteiger partial charge in [0.2, 0.25) is 0 Å². The quantitative estimate of drug-likeness (QED) is 0.406. The third kappa shape index (κ3) is 4.02. The average molecular weight is 298 g/mol. The summed E-state index contributed by atoms with van der Waals surface area (Å²) in [6, 6.07) is 18.6. The summed E-state index contributed by atoms with van der Waals surface area (Å²) in [5, 5.41) is 2.47. The van der Waals surface area contributed by atoms with Crippen LogP contribution in [0.25, 0.3) is 10.8 Å². The van der Waals surface area contributed by atoms with Gasteiger partial charge in [-0.3, -0.25) is 4.98 Å². The Balaban J connectivity index is 0.00000161. The molecule has 0 aliphatic heterocycles. The summed E-state index contributed by atoms with van der Waals surface area (Å²) in [5.41, 5.74) is 3.24. The van der Waals surface area contributed by atoms with Crippen molar-refractivity contribution in [2.45, 2.75) is 6.92 Å². The van der Waals surface area contributed by atoms with Gasteiger partial charge in [0.1, 0.15) is 0 Å². The molecule has 0 saturated heterocycles. The van der Waals surface area contributed by atoms with Crippen LogP contribution in [-0.2, 0) is 0 Å². The first kappa shape index (κ1) is 16.4. The zero-order valence-electron chi connectivity index (χ0n) is 12.3. The van der Waals surface area contributed by atoms with Crippen molar-refractivity contribution in [3.63, 3.8) is 0 Å². The molecular formula is C18H15KN2. The molecule has 0 saturated carbocycles. The van der Waals surface area contributed by atoms with Crippen LogP contribution in [0.15, 0.2) is 72.0 Å². The second kappa shape index (κ2) is 7.87. The molecule has 0 amide bonds. The Morgan fingerprint density at radius 1 is 0.952 bits per heavy atom. The molecule has 21 heavy (non-hydrogen) atoms. The zero-order valence-corrected chi connectivity index (χ0v) is 15.4. The third-order valence-corrected chi connectivity index (χ3v) is 3.29. The Bertz CT molecular complexity index is 746. The number of fused-ring (bicyclic) bond motifs is 1. The van der Waals surface area contributed by atoms with Gasteiger partial charge in [-0.15, -0.1) is 17.7 Å². The van der Waals surface area contributed by atoms with Crippen LogP contribution < -0.4 is 51.4 Å². The van der Waals surface area contributed by atoms with Gasteiger partial charge in [-0.25, -0.2) is 0 Å². The molecule has 98 valence electrons. The summed E-state index contributed by atoms with van der Waals surface area (Å²) in [5.74, 6) is 0. The molecule has 3 rings (SSSR count). The number of nitrogens with zero attached hydrogens (tertiary/aromatic N) is 2. The van der Waals surface area contributed by atoms with E-state index in [0.29, 0.717) is 0 Å². The van der Waals surface area contributed by atoms with Crippen LogP contribution in [-0.4, -0.2) is 10.7 Å². The number of benzene rings is 2. The Morgan fingerprint density at radius 3 is 2.48 bits per heavy atom. The smallest absolute Gasteiger partial charge is 0.355 e. The number of hydrogen-bond donors (Lipinski definition) is 0. The van der Waals surface area contributed by atoms with Crippen molar-refractivity contribution in [1.82, 2.24) is 4.98 Å². The number of pyridine rings is 1. The predicted octanol–water partition coefficient (Wildman–Crippen LogP) is 1.26. The Kier molecular flexibility index (Phi) is 6.15. The van der Waals surface area contributed by atoms with Crippen LogP contribution in [0, 0.1) is 6.54 Å². The summed E-state index contributed by atoms with van der Waals surface area (Å²) < 4.78 is 0. The summed E-state index contributed by atoms with van der Waals surface area (Å²) in [4.78, 5) is 8.58. The molecule has 0 aliphatic rings. The largest absolute Gasteiger partial charge is 1.00 e. The Labute approximate surface area is 167 Å². The molecule has 0 aliphatic carbocycles. The van der Waals surface area contributed by atoms with Crippen molar-refractivity contribution in [2.24, 2.45) is 4.99 Å². The molecule has 0 unspecified atom stereocenters. The van der Waals surface area contributed by atoms with E-state index >= 15 is 0 Å². The van der Waals surface area contributed by atoms with Crippen molar-refractivity contribution < 1.29 is 51.4 Å². The van der Waals surface area contributed by atoms with Crippen LogP contribution >= 0.6 is 0 Å². The van der Waals surface area contributed by atoms with Crippen molar-refractivity contribution in [1.29, 1.82) is 0 Å². The average Bonchev–Trinajstić information content (AvgIpc) is 2.53. The molecule has 0 radical (unpaired) electrons. The molecule has 0 fully saturated rings. The minimum atomic E-state index is 0. The maximum Gasteiger partial charge on any atom is 1.00 e. The number of hydrogen-bond acceptors (Lipinski definition) is 2. The molecule has 1 heterocycles. The fourth-order valence-electron chi connectivity index (χ4n) is 2.23. The van der Waals surface area contributed by atoms with Gasteiger partial charge in [0.15, 0.2) is 0 Å². The number of aliphatic imine (C=N–C) groups is 1. The van der Waals surface area contributed by atoms with Gasteiger partial charge in [-0.1, -0.05) is 55.9 Å². The molecule has 0 bridgehead atoms. The molecule has 3 heteroatoms. The van der Waals surface area contributed by atoms with E-state index in [4.69, 9.17) is 0 Å². The second-order valence-corrected chi connectivity index (χ2v) is 4.65. The molecule has 1 aromatic heterocycles. The van der Waals surface area contributed by atoms with E-state index in [1.165, 1.54) is 16.3 Å². The molecule has 2 aromatic carbocycles. The SMILES string of the molecule is CC(=N[CH-]c1ccncc1)c1cccc2ccccc12.[K+]. The van der Waals surface area contributed by atoms with E-state index in [-0.39, 0.29) is 51.4 Å². The van der Waals surface area contributed by atoms with Gasteiger partial charge in [-0.05, 0) is 34.4 Å². The molecular weight excluding hydrogens is 283 g/mol. The molecule has 2 nitrogen and oxygen atoms in total. The standard InChI is InChI=1S/C18H15N2.K/c1-14(20-13-15-9-11-19-12-10-15)17-8-4-6-16-5-2-3-7-18(16)17;/h2-13H,1H3;/q-1;+1. The summed E-state index contributed by atoms with van der Waals surface area (Å²) >= 11 is 0. The first-order chi connectivity index (χ1) is 9.84. The van der Waals surface area contributed by atoms with E-state index < -0.39 is 0 Å². The van der Waals surface area contributed by atoms with Crippen LogP contribution in [0.1, 0.15) is 18.1 Å². The van der Waals surface area contributed by atoms with E-state index in [1.807, 2.05) is 25.6 Å². The molecule has 0 spiro atoms. The monoisotopic (exact) mass is 298 g/mol. The maximum atomic E-state index is 4.58. The van der Waals surface area contributed by atoms with Crippen LogP contribution in [0.5, 0.6) is 0 Å². The van der Waals surface area contributed by atoms with E-state index in [9.17, 15) is 0 Å². The van der Waals surface area contributed by atoms with Crippen LogP contribution in [0.2, 0.25) is 0 Å². The van der Waals surface area contributed by atoms with Crippen molar-refractivity contribution in [3.05, 3.63) is 84.7 Å². The van der Waals surface area contributed by atoms with Gasteiger partial charge in [-0.2, -0.15) is 0 Å². The van der Waals surface area contributed by atoms with Crippen molar-refractivity contribution in [2.75, 3.05) is 0 Å². The zero-order chi connectivity index (χ0) is 13.8. The van der Waals surface area contributed by atoms with Gasteiger partial charge >= 0.3 is 51.4 Å². The predicted molar refractivity (Wildman–Crippen MR) is 83.8 cm³/mol. The molecule has 0 atom stereocenters. The molecule has 3 aromatic rings. The van der Waals surface area contributed by atoms with Gasteiger partial charge in [0.05, 0.1) is 0 Å². The van der Waals surface area contributed by atoms with Gasteiger partial charge in [0.25, 0.3) is 0 Å². The maximum absolute atomic E-state index is 4.58.